The third kappa shape index (κ3) is 5.93. The van der Waals surface area contributed by atoms with Crippen LogP contribution in [-0.2, 0) is 11.4 Å². The molecule has 1 aromatic heterocycles. The number of carbonyl (C=O) groups excluding carboxylic acids is 2. The van der Waals surface area contributed by atoms with Crippen LogP contribution in [0.1, 0.15) is 21.7 Å². The Morgan fingerprint density at radius 3 is 2.47 bits per heavy atom. The van der Waals surface area contributed by atoms with Gasteiger partial charge in [-0.2, -0.15) is 0 Å². The van der Waals surface area contributed by atoms with Crippen LogP contribution < -0.4 is 14.8 Å². The van der Waals surface area contributed by atoms with Gasteiger partial charge in [0.05, 0.1) is 13.7 Å². The van der Waals surface area contributed by atoms with Crippen LogP contribution in [0.5, 0.6) is 11.5 Å². The Balaban J connectivity index is 1.29. The number of benzene rings is 2. The topological polar surface area (TPSA) is 97.1 Å². The van der Waals surface area contributed by atoms with Crippen LogP contribution in [0.25, 0.3) is 0 Å². The molecule has 3 aromatic rings. The molecule has 2 amide bonds. The Kier molecular flexibility index (Phi) is 7.44. The van der Waals surface area contributed by atoms with E-state index in [-0.39, 0.29) is 18.4 Å². The number of anilines is 1. The minimum absolute atomic E-state index is 0.0740. The van der Waals surface area contributed by atoms with Crippen molar-refractivity contribution in [2.45, 2.75) is 13.5 Å². The molecule has 4 rings (SSSR count). The van der Waals surface area contributed by atoms with Crippen LogP contribution in [0.15, 0.2) is 59.1 Å². The van der Waals surface area contributed by atoms with E-state index in [2.05, 4.69) is 10.5 Å². The lowest BCUT2D eigenvalue weighted by Crippen LogP contribution is -2.50. The number of rotatable bonds is 8. The van der Waals surface area contributed by atoms with Crippen molar-refractivity contribution in [2.24, 2.45) is 0 Å². The molecule has 0 aliphatic carbocycles. The smallest absolute Gasteiger partial charge is 0.254 e. The van der Waals surface area contributed by atoms with Crippen LogP contribution in [0, 0.1) is 6.92 Å². The number of amides is 2. The average molecular weight is 465 g/mol. The zero-order valence-electron chi connectivity index (χ0n) is 19.3. The molecular formula is C25H28N4O5. The number of hydrogen-bond donors (Lipinski definition) is 1. The molecule has 9 nitrogen and oxygen atoms in total. The zero-order valence-corrected chi connectivity index (χ0v) is 19.3. The van der Waals surface area contributed by atoms with E-state index in [1.807, 2.05) is 35.2 Å². The van der Waals surface area contributed by atoms with E-state index in [1.165, 1.54) is 0 Å². The molecule has 0 atom stereocenters. The second kappa shape index (κ2) is 10.8. The Morgan fingerprint density at radius 1 is 1.03 bits per heavy atom. The first-order valence-electron chi connectivity index (χ1n) is 11.1. The number of piperazine rings is 1. The highest BCUT2D eigenvalue weighted by molar-refractivity contribution is 5.95. The molecule has 0 bridgehead atoms. The molecule has 1 saturated heterocycles. The highest BCUT2D eigenvalue weighted by Crippen LogP contribution is 2.29. The van der Waals surface area contributed by atoms with Gasteiger partial charge in [-0.25, -0.2) is 0 Å². The lowest BCUT2D eigenvalue weighted by Gasteiger charge is -2.34. The van der Waals surface area contributed by atoms with Crippen LogP contribution in [0.3, 0.4) is 0 Å². The van der Waals surface area contributed by atoms with Crippen molar-refractivity contribution >= 4 is 17.6 Å². The van der Waals surface area contributed by atoms with Crippen molar-refractivity contribution < 1.29 is 23.6 Å². The van der Waals surface area contributed by atoms with Gasteiger partial charge in [0.2, 0.25) is 5.91 Å². The van der Waals surface area contributed by atoms with Gasteiger partial charge >= 0.3 is 0 Å². The molecule has 34 heavy (non-hydrogen) atoms. The molecule has 9 heteroatoms. The predicted molar refractivity (Wildman–Crippen MR) is 126 cm³/mol. The number of nitrogens with zero attached hydrogens (tertiary/aromatic N) is 3. The molecule has 0 radical (unpaired) electrons. The maximum atomic E-state index is 13.0. The van der Waals surface area contributed by atoms with Gasteiger partial charge in [-0.1, -0.05) is 35.5 Å². The molecule has 0 unspecified atom stereocenters. The van der Waals surface area contributed by atoms with E-state index in [9.17, 15) is 9.59 Å². The fourth-order valence-electron chi connectivity index (χ4n) is 3.76. The number of hydrogen-bond acceptors (Lipinski definition) is 7. The fraction of sp³-hybridized carbons (Fsp3) is 0.320. The van der Waals surface area contributed by atoms with Crippen molar-refractivity contribution in [1.29, 1.82) is 0 Å². The van der Waals surface area contributed by atoms with Gasteiger partial charge in [0.1, 0.15) is 12.4 Å². The van der Waals surface area contributed by atoms with E-state index < -0.39 is 0 Å². The standard InChI is InChI=1S/C25H28N4O5/c1-18-14-23(27-34-18)26-24(30)16-28-10-12-29(13-11-28)25(31)20-8-9-21(22(15-20)32-2)33-17-19-6-4-3-5-7-19/h3-9,14-15H,10-13,16-17H2,1-2H3,(H,26,27,30). The summed E-state index contributed by atoms with van der Waals surface area (Å²) in [6.07, 6.45) is 0. The fourth-order valence-corrected chi connectivity index (χ4v) is 3.76. The molecule has 1 fully saturated rings. The number of aromatic nitrogens is 1. The van der Waals surface area contributed by atoms with Gasteiger partial charge in [0.25, 0.3) is 5.91 Å². The summed E-state index contributed by atoms with van der Waals surface area (Å²) in [7, 11) is 1.56. The molecule has 2 aromatic carbocycles. The first-order chi connectivity index (χ1) is 16.5. The van der Waals surface area contributed by atoms with Gasteiger partial charge < -0.3 is 24.2 Å². The largest absolute Gasteiger partial charge is 0.493 e. The second-order valence-electron chi connectivity index (χ2n) is 8.08. The van der Waals surface area contributed by atoms with E-state index in [0.29, 0.717) is 61.4 Å². The molecule has 0 spiro atoms. The third-order valence-electron chi connectivity index (χ3n) is 5.57. The first-order valence-corrected chi connectivity index (χ1v) is 11.1. The third-order valence-corrected chi connectivity index (χ3v) is 5.57. The molecule has 1 aliphatic rings. The van der Waals surface area contributed by atoms with Crippen LogP contribution in [-0.4, -0.2) is 66.6 Å². The Hall–Kier alpha value is -3.85. The summed E-state index contributed by atoms with van der Waals surface area (Å²) in [5, 5.41) is 6.48. The average Bonchev–Trinajstić information content (AvgIpc) is 3.27. The molecule has 1 N–H and O–H groups in total. The quantitative estimate of drug-likeness (QED) is 0.547. The SMILES string of the molecule is COc1cc(C(=O)N2CCN(CC(=O)Nc3cc(C)on3)CC2)ccc1OCc1ccccc1. The monoisotopic (exact) mass is 464 g/mol. The minimum atomic E-state index is -0.163. The van der Waals surface area contributed by atoms with Gasteiger partial charge in [0.15, 0.2) is 17.3 Å². The summed E-state index contributed by atoms with van der Waals surface area (Å²) in [6, 6.07) is 16.8. The van der Waals surface area contributed by atoms with Gasteiger partial charge in [-0.3, -0.25) is 14.5 Å². The van der Waals surface area contributed by atoms with Crippen molar-refractivity contribution in [3.05, 3.63) is 71.5 Å². The van der Waals surface area contributed by atoms with Crippen LogP contribution in [0.2, 0.25) is 0 Å². The van der Waals surface area contributed by atoms with E-state index in [0.717, 1.165) is 5.56 Å². The van der Waals surface area contributed by atoms with Crippen LogP contribution >= 0.6 is 0 Å². The lowest BCUT2D eigenvalue weighted by atomic mass is 10.1. The zero-order chi connectivity index (χ0) is 23.9. The minimum Gasteiger partial charge on any atom is -0.493 e. The summed E-state index contributed by atoms with van der Waals surface area (Å²) >= 11 is 0. The Labute approximate surface area is 198 Å². The van der Waals surface area contributed by atoms with E-state index in [4.69, 9.17) is 14.0 Å². The first kappa shape index (κ1) is 23.3. The molecule has 178 valence electrons. The predicted octanol–water partition coefficient (Wildman–Crippen LogP) is 2.97. The maximum Gasteiger partial charge on any atom is 0.254 e. The molecule has 2 heterocycles. The van der Waals surface area contributed by atoms with E-state index in [1.54, 1.807) is 43.2 Å². The van der Waals surface area contributed by atoms with Gasteiger partial charge in [-0.05, 0) is 30.7 Å². The number of nitrogens with one attached hydrogen (secondary N) is 1. The summed E-state index contributed by atoms with van der Waals surface area (Å²) in [4.78, 5) is 29.1. The van der Waals surface area contributed by atoms with Gasteiger partial charge in [-0.15, -0.1) is 0 Å². The van der Waals surface area contributed by atoms with Crippen molar-refractivity contribution in [3.63, 3.8) is 0 Å². The maximum absolute atomic E-state index is 13.0. The van der Waals surface area contributed by atoms with Gasteiger partial charge in [0, 0.05) is 37.8 Å². The van der Waals surface area contributed by atoms with E-state index >= 15 is 0 Å². The molecule has 0 saturated carbocycles. The van der Waals surface area contributed by atoms with Crippen LogP contribution in [0.4, 0.5) is 5.82 Å². The molecular weight excluding hydrogens is 436 g/mol. The van der Waals surface area contributed by atoms with Crippen molar-refractivity contribution in [1.82, 2.24) is 15.0 Å². The number of aryl methyl sites for hydroxylation is 1. The Morgan fingerprint density at radius 2 is 1.79 bits per heavy atom. The summed E-state index contributed by atoms with van der Waals surface area (Å²) in [6.45, 7) is 4.68. The Bertz CT molecular complexity index is 1120. The van der Waals surface area contributed by atoms with Crippen molar-refractivity contribution in [3.8, 4) is 11.5 Å². The normalized spacial score (nSPS) is 14.0. The highest BCUT2D eigenvalue weighted by atomic mass is 16.5. The van der Waals surface area contributed by atoms with Crippen molar-refractivity contribution in [2.75, 3.05) is 45.2 Å². The number of carbonyl (C=O) groups is 2. The second-order valence-corrected chi connectivity index (χ2v) is 8.08. The molecule has 1 aliphatic heterocycles. The summed E-state index contributed by atoms with van der Waals surface area (Å²) in [5.41, 5.74) is 1.59. The summed E-state index contributed by atoms with van der Waals surface area (Å²) in [5.74, 6) is 1.90. The number of ether oxygens (including phenoxy) is 2. The lowest BCUT2D eigenvalue weighted by molar-refractivity contribution is -0.117. The highest BCUT2D eigenvalue weighted by Gasteiger charge is 2.24. The number of methoxy groups -OCH3 is 1. The summed E-state index contributed by atoms with van der Waals surface area (Å²) < 4.78 is 16.3.